The highest BCUT2D eigenvalue weighted by Crippen LogP contribution is 2.53. The highest BCUT2D eigenvalue weighted by atomic mass is 28.3. The summed E-state index contributed by atoms with van der Waals surface area (Å²) in [5, 5.41) is 2.80. The number of aromatic nitrogens is 2. The van der Waals surface area contributed by atoms with E-state index < -0.39 is 8.07 Å². The standard InChI is InChI=1S/C39H38N4Si/c1-5-6-26-40-28(2)31-22-15-24-34(42-31)38-36(29-17-9-7-10-18-29)37(30-19-11-8-12-20-30)39(44(38,3)4)35-25-16-23-33(43-35)32-21-13-14-27-41-32/h5-7,9-11,13-24,26-27,35H,2,8,12,25H2,1,3-4H3/b6-5-,40-26?. The van der Waals surface area contributed by atoms with Gasteiger partial charge in [-0.3, -0.25) is 15.0 Å². The van der Waals surface area contributed by atoms with Gasteiger partial charge in [0.25, 0.3) is 0 Å². The number of dihydropyridines is 1. The third kappa shape index (κ3) is 5.75. The molecule has 1 atom stereocenters. The Kier molecular flexibility index (Phi) is 8.57. The topological polar surface area (TPSA) is 50.5 Å². The second-order valence-corrected chi connectivity index (χ2v) is 16.0. The lowest BCUT2D eigenvalue weighted by Gasteiger charge is -2.31. The molecule has 0 saturated carbocycles. The summed E-state index contributed by atoms with van der Waals surface area (Å²) < 4.78 is 0. The number of rotatable bonds is 8. The molecular formula is C39H38N4Si. The molecule has 2 aromatic heterocycles. The quantitative estimate of drug-likeness (QED) is 0.194. The molecule has 0 bridgehead atoms. The van der Waals surface area contributed by atoms with Crippen LogP contribution in [0.5, 0.6) is 0 Å². The fourth-order valence-electron chi connectivity index (χ4n) is 6.48. The number of nitrogens with zero attached hydrogens (tertiary/aromatic N) is 4. The molecule has 2 aliphatic heterocycles. The summed E-state index contributed by atoms with van der Waals surface area (Å²) in [5.74, 6) is 0. The Morgan fingerprint density at radius 3 is 2.48 bits per heavy atom. The maximum absolute atomic E-state index is 5.42. The summed E-state index contributed by atoms with van der Waals surface area (Å²) in [6.07, 6.45) is 21.9. The molecule has 0 fully saturated rings. The summed E-state index contributed by atoms with van der Waals surface area (Å²) in [6.45, 7) is 11.2. The normalized spacial score (nSPS) is 19.7. The van der Waals surface area contributed by atoms with Gasteiger partial charge < -0.3 is 0 Å². The molecule has 0 spiro atoms. The van der Waals surface area contributed by atoms with Gasteiger partial charge in [-0.1, -0.05) is 92.5 Å². The lowest BCUT2D eigenvalue weighted by molar-refractivity contribution is 0.802. The molecule has 218 valence electrons. The first-order valence-corrected chi connectivity index (χ1v) is 18.4. The van der Waals surface area contributed by atoms with E-state index in [9.17, 15) is 0 Å². The van der Waals surface area contributed by atoms with Crippen LogP contribution in [0.1, 0.15) is 48.8 Å². The van der Waals surface area contributed by atoms with Gasteiger partial charge in [0.2, 0.25) is 0 Å². The molecule has 0 saturated heterocycles. The molecule has 6 rings (SSSR count). The monoisotopic (exact) mass is 590 g/mol. The number of hydrogen-bond acceptors (Lipinski definition) is 4. The van der Waals surface area contributed by atoms with Gasteiger partial charge >= 0.3 is 0 Å². The van der Waals surface area contributed by atoms with Crippen LogP contribution < -0.4 is 0 Å². The highest BCUT2D eigenvalue weighted by molar-refractivity contribution is 7.03. The van der Waals surface area contributed by atoms with Gasteiger partial charge in [0, 0.05) is 12.4 Å². The van der Waals surface area contributed by atoms with E-state index in [0.29, 0.717) is 5.70 Å². The lowest BCUT2D eigenvalue weighted by Crippen LogP contribution is -2.36. The second-order valence-electron chi connectivity index (χ2n) is 11.7. The number of benzene rings is 1. The Morgan fingerprint density at radius 2 is 1.73 bits per heavy atom. The van der Waals surface area contributed by atoms with Crippen molar-refractivity contribution in [2.45, 2.75) is 45.3 Å². The van der Waals surface area contributed by atoms with Crippen LogP contribution in [0, 0.1) is 0 Å². The average Bonchev–Trinajstić information content (AvgIpc) is 3.33. The third-order valence-electron chi connectivity index (χ3n) is 8.41. The summed E-state index contributed by atoms with van der Waals surface area (Å²) in [5.41, 5.74) is 9.41. The molecule has 3 aromatic rings. The molecule has 4 heterocycles. The van der Waals surface area contributed by atoms with Crippen molar-refractivity contribution < 1.29 is 0 Å². The fourth-order valence-corrected chi connectivity index (χ4v) is 10.3. The van der Waals surface area contributed by atoms with Crippen LogP contribution in [-0.2, 0) is 0 Å². The number of hydrogen-bond donors (Lipinski definition) is 0. The van der Waals surface area contributed by atoms with E-state index in [1.54, 1.807) is 6.21 Å². The van der Waals surface area contributed by atoms with E-state index in [2.05, 4.69) is 102 Å². The van der Waals surface area contributed by atoms with Gasteiger partial charge in [0.15, 0.2) is 0 Å². The molecular weight excluding hydrogens is 553 g/mol. The Bertz CT molecular complexity index is 1820. The molecule has 44 heavy (non-hydrogen) atoms. The van der Waals surface area contributed by atoms with E-state index in [1.165, 1.54) is 32.7 Å². The third-order valence-corrected chi connectivity index (χ3v) is 12.1. The average molecular weight is 591 g/mol. The van der Waals surface area contributed by atoms with E-state index in [-0.39, 0.29) is 6.04 Å². The minimum Gasteiger partial charge on any atom is -0.275 e. The predicted octanol–water partition coefficient (Wildman–Crippen LogP) is 9.20. The van der Waals surface area contributed by atoms with Crippen LogP contribution in [0.3, 0.4) is 0 Å². The van der Waals surface area contributed by atoms with Crippen molar-refractivity contribution in [3.05, 3.63) is 161 Å². The van der Waals surface area contributed by atoms with Crippen LogP contribution in [0.4, 0.5) is 0 Å². The van der Waals surface area contributed by atoms with Gasteiger partial charge in [-0.2, -0.15) is 0 Å². The Hall–Kier alpha value is -4.74. The SMILES string of the molecule is C=C(N=C/C=C\C)c1cccc(C2=C(c3ccccc3)C(C3=CCCC=C3)=C(C3CC=CC(c4ccccn4)=N3)[Si]2(C)C)n1. The van der Waals surface area contributed by atoms with Gasteiger partial charge in [-0.05, 0) is 95.3 Å². The maximum atomic E-state index is 5.42. The molecule has 1 aromatic carbocycles. The van der Waals surface area contributed by atoms with Crippen molar-refractivity contribution in [3.63, 3.8) is 0 Å². The summed E-state index contributed by atoms with van der Waals surface area (Å²) >= 11 is 0. The van der Waals surface area contributed by atoms with Crippen molar-refractivity contribution in [2.24, 2.45) is 9.98 Å². The van der Waals surface area contributed by atoms with Gasteiger partial charge in [0.1, 0.15) is 8.07 Å². The molecule has 5 heteroatoms. The highest BCUT2D eigenvalue weighted by Gasteiger charge is 2.47. The summed E-state index contributed by atoms with van der Waals surface area (Å²) in [7, 11) is -2.36. The van der Waals surface area contributed by atoms with E-state index >= 15 is 0 Å². The van der Waals surface area contributed by atoms with Crippen molar-refractivity contribution >= 4 is 36.5 Å². The van der Waals surface area contributed by atoms with E-state index in [4.69, 9.17) is 9.98 Å². The molecule has 1 aliphatic carbocycles. The molecule has 0 radical (unpaired) electrons. The smallest absolute Gasteiger partial charge is 0.114 e. The van der Waals surface area contributed by atoms with Gasteiger partial charge in [0.05, 0.1) is 34.5 Å². The van der Waals surface area contributed by atoms with Crippen LogP contribution >= 0.6 is 0 Å². The molecule has 3 aliphatic rings. The van der Waals surface area contributed by atoms with Crippen molar-refractivity contribution in [3.8, 4) is 0 Å². The Balaban J connectivity index is 1.58. The number of allylic oxidation sites excluding steroid dienone is 9. The maximum Gasteiger partial charge on any atom is 0.114 e. The van der Waals surface area contributed by atoms with Crippen LogP contribution in [0.2, 0.25) is 13.1 Å². The minimum atomic E-state index is -2.36. The molecule has 1 unspecified atom stereocenters. The first-order chi connectivity index (χ1) is 21.5. The zero-order valence-corrected chi connectivity index (χ0v) is 26.7. The molecule has 4 nitrogen and oxygen atoms in total. The van der Waals surface area contributed by atoms with E-state index in [1.807, 2.05) is 49.5 Å². The van der Waals surface area contributed by atoms with E-state index in [0.717, 1.165) is 42.1 Å². The molecule has 0 amide bonds. The Morgan fingerprint density at radius 1 is 0.909 bits per heavy atom. The first-order valence-electron chi connectivity index (χ1n) is 15.4. The van der Waals surface area contributed by atoms with Crippen molar-refractivity contribution in [1.29, 1.82) is 0 Å². The van der Waals surface area contributed by atoms with Crippen molar-refractivity contribution in [1.82, 2.24) is 9.97 Å². The van der Waals surface area contributed by atoms with Crippen LogP contribution in [0.25, 0.3) is 16.5 Å². The first kappa shape index (κ1) is 29.3. The van der Waals surface area contributed by atoms with Crippen LogP contribution in [0.15, 0.2) is 148 Å². The van der Waals surface area contributed by atoms with Gasteiger partial charge in [-0.25, -0.2) is 4.98 Å². The fraction of sp³-hybridized carbons (Fsp3) is 0.179. The lowest BCUT2D eigenvalue weighted by atomic mass is 9.87. The minimum absolute atomic E-state index is 0.0182. The second kappa shape index (κ2) is 12.9. The number of pyridine rings is 2. The zero-order chi connectivity index (χ0) is 30.5. The number of aliphatic imine (C=N–C) groups is 2. The zero-order valence-electron chi connectivity index (χ0n) is 25.7. The largest absolute Gasteiger partial charge is 0.275 e. The predicted molar refractivity (Wildman–Crippen MR) is 189 cm³/mol. The molecule has 0 N–H and O–H groups in total. The van der Waals surface area contributed by atoms with Crippen molar-refractivity contribution in [2.75, 3.05) is 0 Å². The van der Waals surface area contributed by atoms with Crippen LogP contribution in [-0.4, -0.2) is 36.0 Å². The van der Waals surface area contributed by atoms with Gasteiger partial charge in [-0.15, -0.1) is 0 Å². The summed E-state index contributed by atoms with van der Waals surface area (Å²) in [6, 6.07) is 23.1. The summed E-state index contributed by atoms with van der Waals surface area (Å²) in [4.78, 5) is 19.8. The Labute approximate surface area is 262 Å².